The van der Waals surface area contributed by atoms with E-state index in [2.05, 4.69) is 42.6 Å². The monoisotopic (exact) mass is 425 g/mol. The molecule has 0 amide bonds. The molecule has 0 atom stereocenters. The zero-order valence-corrected chi connectivity index (χ0v) is 15.8. The van der Waals surface area contributed by atoms with Crippen LogP contribution < -0.4 is 0 Å². The summed E-state index contributed by atoms with van der Waals surface area (Å²) >= 11 is 0. The fourth-order valence-corrected chi connectivity index (χ4v) is 2.05. The van der Waals surface area contributed by atoms with Crippen LogP contribution in [0.4, 0.5) is 0 Å². The summed E-state index contributed by atoms with van der Waals surface area (Å²) in [7, 11) is 3.96. The first-order chi connectivity index (χ1) is 8.21. The molecule has 1 rings (SSSR count). The van der Waals surface area contributed by atoms with Crippen LogP contribution in [0.25, 0.3) is 0 Å². The molecule has 0 aromatic carbocycles. The van der Waals surface area contributed by atoms with Gasteiger partial charge in [-0.05, 0) is 13.3 Å². The Morgan fingerprint density at radius 3 is 1.94 bits per heavy atom. The summed E-state index contributed by atoms with van der Waals surface area (Å²) < 4.78 is 0. The third kappa shape index (κ3) is 8.13. The zero-order valence-electron chi connectivity index (χ0n) is 12.9. The zero-order chi connectivity index (χ0) is 13.1. The molecule has 0 bridgehead atoms. The smallest absolute Gasteiger partial charge is 0.196 e. The van der Waals surface area contributed by atoms with Crippen LogP contribution in [-0.4, -0.2) is 49.5 Å². The van der Waals surface area contributed by atoms with Gasteiger partial charge >= 0.3 is 0 Å². The van der Waals surface area contributed by atoms with Crippen LogP contribution in [0.2, 0.25) is 0 Å². The molecule has 1 heterocycles. The van der Waals surface area contributed by atoms with Gasteiger partial charge in [0.1, 0.15) is 0 Å². The van der Waals surface area contributed by atoms with Crippen LogP contribution >= 0.6 is 0 Å². The summed E-state index contributed by atoms with van der Waals surface area (Å²) in [4.78, 5) is 8.77. The molecule has 0 radical (unpaired) electrons. The molecule has 0 unspecified atom stereocenters. The minimum absolute atomic E-state index is 0. The van der Waals surface area contributed by atoms with Crippen molar-refractivity contribution in [2.45, 2.75) is 52.9 Å². The molecule has 1 aliphatic rings. The normalized spacial score (nSPS) is 17.1. The van der Waals surface area contributed by atoms with Crippen molar-refractivity contribution >= 4 is 5.96 Å². The van der Waals surface area contributed by atoms with Gasteiger partial charge in [-0.25, -0.2) is 0 Å². The fraction of sp³-hybridized carbons (Fsp3) is 0.929. The third-order valence-corrected chi connectivity index (χ3v) is 3.08. The van der Waals surface area contributed by atoms with E-state index in [1.165, 1.54) is 32.1 Å². The molecule has 0 spiro atoms. The van der Waals surface area contributed by atoms with Crippen LogP contribution in [0.1, 0.15) is 52.9 Å². The first kappa shape index (κ1) is 20.3. The molecule has 1 fully saturated rings. The standard InChI is InChI=1S/C8H17N3.C6H14.W/c1-4-11-7-5-6-10(3)8(11)9-2;1-3-5-6-4-2;/h4-7H2,1-3H3;3-6H2,1-2H3;. The predicted octanol–water partition coefficient (Wildman–Crippen LogP) is 3.21. The maximum absolute atomic E-state index is 4.25. The summed E-state index contributed by atoms with van der Waals surface area (Å²) in [6.07, 6.45) is 6.79. The van der Waals surface area contributed by atoms with Crippen molar-refractivity contribution in [2.24, 2.45) is 4.99 Å². The van der Waals surface area contributed by atoms with E-state index in [1.54, 1.807) is 0 Å². The van der Waals surface area contributed by atoms with E-state index in [-0.39, 0.29) is 21.1 Å². The Morgan fingerprint density at radius 1 is 1.06 bits per heavy atom. The molecule has 0 aromatic rings. The van der Waals surface area contributed by atoms with E-state index in [9.17, 15) is 0 Å². The average molecular weight is 425 g/mol. The summed E-state index contributed by atoms with van der Waals surface area (Å²) in [5.41, 5.74) is 0. The molecule has 0 aromatic heterocycles. The van der Waals surface area contributed by atoms with Crippen LogP contribution in [0, 0.1) is 0 Å². The fourth-order valence-electron chi connectivity index (χ4n) is 2.05. The second-order valence-electron chi connectivity index (χ2n) is 4.59. The maximum Gasteiger partial charge on any atom is 0.196 e. The number of aliphatic imine (C=N–C) groups is 1. The SMILES string of the molecule is CCCCCC.CCN1CCCN(C)C1=NC.[W]. The molecule has 1 aliphatic heterocycles. The molecule has 1 saturated heterocycles. The summed E-state index contributed by atoms with van der Waals surface area (Å²) in [6.45, 7) is 10.0. The second kappa shape index (κ2) is 13.4. The molecule has 0 N–H and O–H groups in total. The van der Waals surface area contributed by atoms with Gasteiger partial charge in [-0.15, -0.1) is 0 Å². The number of hydrogen-bond acceptors (Lipinski definition) is 1. The van der Waals surface area contributed by atoms with Crippen molar-refractivity contribution in [1.82, 2.24) is 9.80 Å². The third-order valence-electron chi connectivity index (χ3n) is 3.08. The largest absolute Gasteiger partial charge is 0.346 e. The van der Waals surface area contributed by atoms with Crippen molar-refractivity contribution < 1.29 is 21.1 Å². The van der Waals surface area contributed by atoms with Crippen molar-refractivity contribution in [2.75, 3.05) is 33.7 Å². The number of hydrogen-bond donors (Lipinski definition) is 0. The Balaban J connectivity index is 0. The van der Waals surface area contributed by atoms with Crippen molar-refractivity contribution in [3.8, 4) is 0 Å². The molecule has 3 nitrogen and oxygen atoms in total. The first-order valence-electron chi connectivity index (χ1n) is 7.14. The van der Waals surface area contributed by atoms with Crippen molar-refractivity contribution in [3.63, 3.8) is 0 Å². The van der Waals surface area contributed by atoms with Crippen molar-refractivity contribution in [1.29, 1.82) is 0 Å². The second-order valence-corrected chi connectivity index (χ2v) is 4.59. The van der Waals surface area contributed by atoms with E-state index < -0.39 is 0 Å². The van der Waals surface area contributed by atoms with Gasteiger partial charge in [0.2, 0.25) is 0 Å². The van der Waals surface area contributed by atoms with Gasteiger partial charge in [-0.1, -0.05) is 39.5 Å². The van der Waals surface area contributed by atoms with E-state index in [4.69, 9.17) is 0 Å². The number of nitrogens with zero attached hydrogens (tertiary/aromatic N) is 3. The molecule has 108 valence electrons. The van der Waals surface area contributed by atoms with Gasteiger partial charge in [0.05, 0.1) is 0 Å². The summed E-state index contributed by atoms with van der Waals surface area (Å²) in [6, 6.07) is 0. The summed E-state index contributed by atoms with van der Waals surface area (Å²) in [5.74, 6) is 1.14. The van der Waals surface area contributed by atoms with E-state index in [0.29, 0.717) is 0 Å². The van der Waals surface area contributed by atoms with Gasteiger partial charge in [-0.3, -0.25) is 4.99 Å². The molecule has 4 heteroatoms. The molecule has 18 heavy (non-hydrogen) atoms. The van der Waals surface area contributed by atoms with Crippen LogP contribution in [0.5, 0.6) is 0 Å². The summed E-state index contributed by atoms with van der Waals surface area (Å²) in [5, 5.41) is 0. The molecule has 0 aliphatic carbocycles. The first-order valence-corrected chi connectivity index (χ1v) is 7.14. The Labute approximate surface area is 128 Å². The van der Waals surface area contributed by atoms with Crippen LogP contribution in [0.15, 0.2) is 4.99 Å². The Bertz CT molecular complexity index is 203. The Morgan fingerprint density at radius 2 is 1.61 bits per heavy atom. The molecule has 0 saturated carbocycles. The minimum Gasteiger partial charge on any atom is -0.346 e. The van der Waals surface area contributed by atoms with Gasteiger partial charge < -0.3 is 9.80 Å². The number of unbranched alkanes of at least 4 members (excludes halogenated alkanes) is 3. The molecular formula is C14H31N3W. The average Bonchev–Trinajstić information content (AvgIpc) is 2.36. The van der Waals surface area contributed by atoms with Crippen molar-refractivity contribution in [3.05, 3.63) is 0 Å². The van der Waals surface area contributed by atoms with Gasteiger partial charge in [0, 0.05) is 54.8 Å². The van der Waals surface area contributed by atoms with E-state index >= 15 is 0 Å². The van der Waals surface area contributed by atoms with Gasteiger partial charge in [0.15, 0.2) is 5.96 Å². The topological polar surface area (TPSA) is 18.8 Å². The number of rotatable bonds is 4. The van der Waals surface area contributed by atoms with E-state index in [0.717, 1.165) is 25.6 Å². The van der Waals surface area contributed by atoms with E-state index in [1.807, 2.05) is 7.05 Å². The number of guanidine groups is 1. The van der Waals surface area contributed by atoms with Gasteiger partial charge in [0.25, 0.3) is 0 Å². The van der Waals surface area contributed by atoms with Crippen LogP contribution in [0.3, 0.4) is 0 Å². The minimum atomic E-state index is 0. The Hall–Kier alpha value is -0.0417. The van der Waals surface area contributed by atoms with Gasteiger partial charge in [-0.2, -0.15) is 0 Å². The maximum atomic E-state index is 4.25. The Kier molecular flexibility index (Phi) is 15.1. The van der Waals surface area contributed by atoms with Crippen LogP contribution in [-0.2, 0) is 21.1 Å². The predicted molar refractivity (Wildman–Crippen MR) is 77.7 cm³/mol. The molecular weight excluding hydrogens is 394 g/mol. The quantitative estimate of drug-likeness (QED) is 0.645.